The number of amides is 2. The van der Waals surface area contributed by atoms with Crippen LogP contribution in [-0.2, 0) is 16.1 Å². The number of ether oxygens (including phenoxy) is 1. The van der Waals surface area contributed by atoms with Gasteiger partial charge in [0.05, 0.1) is 0 Å². The van der Waals surface area contributed by atoms with E-state index in [0.29, 0.717) is 17.9 Å². The van der Waals surface area contributed by atoms with Crippen LogP contribution >= 0.6 is 11.3 Å². The van der Waals surface area contributed by atoms with Gasteiger partial charge in [-0.25, -0.2) is 4.98 Å². The van der Waals surface area contributed by atoms with E-state index in [9.17, 15) is 9.59 Å². The van der Waals surface area contributed by atoms with Gasteiger partial charge in [0.1, 0.15) is 17.3 Å². The molecule has 0 fully saturated rings. The Morgan fingerprint density at radius 1 is 1.14 bits per heavy atom. The van der Waals surface area contributed by atoms with E-state index in [0.717, 1.165) is 21.7 Å². The minimum atomic E-state index is -0.230. The van der Waals surface area contributed by atoms with Gasteiger partial charge in [-0.15, -0.1) is 11.3 Å². The van der Waals surface area contributed by atoms with Gasteiger partial charge in [0.15, 0.2) is 0 Å². The Labute approximate surface area is 173 Å². The van der Waals surface area contributed by atoms with E-state index in [1.54, 1.807) is 11.4 Å². The lowest BCUT2D eigenvalue weighted by Gasteiger charge is -2.08. The first-order chi connectivity index (χ1) is 14.0. The third-order valence-corrected chi connectivity index (χ3v) is 5.16. The number of carbonyl (C=O) groups excluding carboxylic acids is 2. The van der Waals surface area contributed by atoms with Crippen LogP contribution < -0.4 is 10.6 Å². The van der Waals surface area contributed by atoms with E-state index in [1.165, 1.54) is 24.0 Å². The van der Waals surface area contributed by atoms with Gasteiger partial charge in [-0.05, 0) is 37.1 Å². The molecule has 0 aliphatic carbocycles. The average molecular weight is 410 g/mol. The van der Waals surface area contributed by atoms with E-state index < -0.39 is 0 Å². The molecule has 2 N–H and O–H groups in total. The number of aryl methyl sites for hydroxylation is 2. The molecule has 3 aromatic rings. The smallest absolute Gasteiger partial charge is 0.271 e. The second-order valence-corrected chi connectivity index (χ2v) is 7.58. The van der Waals surface area contributed by atoms with Gasteiger partial charge in [0.2, 0.25) is 5.91 Å². The highest BCUT2D eigenvalue weighted by molar-refractivity contribution is 7.13. The Morgan fingerprint density at radius 2 is 1.97 bits per heavy atom. The normalized spacial score (nSPS) is 10.6. The summed E-state index contributed by atoms with van der Waals surface area (Å²) < 4.78 is 4.81. The van der Waals surface area contributed by atoms with E-state index in [1.807, 2.05) is 37.3 Å². The molecule has 0 spiro atoms. The van der Waals surface area contributed by atoms with Crippen molar-refractivity contribution in [2.75, 3.05) is 19.0 Å². The van der Waals surface area contributed by atoms with Crippen molar-refractivity contribution >= 4 is 28.8 Å². The molecule has 0 radical (unpaired) electrons. The summed E-state index contributed by atoms with van der Waals surface area (Å²) in [5.41, 5.74) is 5.30. The van der Waals surface area contributed by atoms with Crippen LogP contribution in [0.25, 0.3) is 10.6 Å². The van der Waals surface area contributed by atoms with Crippen LogP contribution in [0.15, 0.2) is 47.8 Å². The van der Waals surface area contributed by atoms with Crippen molar-refractivity contribution in [1.82, 2.24) is 10.3 Å². The molecule has 2 amide bonds. The Bertz CT molecular complexity index is 1030. The summed E-state index contributed by atoms with van der Waals surface area (Å²) in [5, 5.41) is 8.22. The molecule has 0 saturated heterocycles. The van der Waals surface area contributed by atoms with Crippen LogP contribution in [0, 0.1) is 13.8 Å². The molecule has 6 nitrogen and oxygen atoms in total. The minimum Gasteiger partial charge on any atom is -0.375 e. The third kappa shape index (κ3) is 5.49. The number of rotatable bonds is 7. The summed E-state index contributed by atoms with van der Waals surface area (Å²) in [6.45, 7) is 4.42. The molecule has 3 rings (SSSR count). The fourth-order valence-electron chi connectivity index (χ4n) is 2.92. The molecule has 1 heterocycles. The molecule has 1 aromatic heterocycles. The summed E-state index contributed by atoms with van der Waals surface area (Å²) in [6.07, 6.45) is 0. The lowest BCUT2D eigenvalue weighted by Crippen LogP contribution is -2.23. The zero-order chi connectivity index (χ0) is 20.8. The maximum Gasteiger partial charge on any atom is 0.271 e. The van der Waals surface area contributed by atoms with Crippen molar-refractivity contribution in [2.24, 2.45) is 0 Å². The van der Waals surface area contributed by atoms with Crippen LogP contribution in [0.5, 0.6) is 0 Å². The van der Waals surface area contributed by atoms with E-state index >= 15 is 0 Å². The molecule has 0 aliphatic rings. The Hall–Kier alpha value is -3.03. The monoisotopic (exact) mass is 409 g/mol. The molecule has 0 atom stereocenters. The predicted molar refractivity (Wildman–Crippen MR) is 115 cm³/mol. The van der Waals surface area contributed by atoms with Crippen molar-refractivity contribution in [2.45, 2.75) is 20.4 Å². The Balaban J connectivity index is 1.63. The van der Waals surface area contributed by atoms with Gasteiger partial charge in [0.25, 0.3) is 5.91 Å². The molecular weight excluding hydrogens is 386 g/mol. The van der Waals surface area contributed by atoms with Gasteiger partial charge < -0.3 is 15.4 Å². The summed E-state index contributed by atoms with van der Waals surface area (Å²) in [6, 6.07) is 13.5. The van der Waals surface area contributed by atoms with Crippen molar-refractivity contribution in [3.63, 3.8) is 0 Å². The average Bonchev–Trinajstić information content (AvgIpc) is 3.16. The van der Waals surface area contributed by atoms with Crippen molar-refractivity contribution < 1.29 is 14.3 Å². The molecule has 7 heteroatoms. The second kappa shape index (κ2) is 9.45. The lowest BCUT2D eigenvalue weighted by molar-refractivity contribution is -0.119. The zero-order valence-corrected chi connectivity index (χ0v) is 17.4. The number of nitrogens with zero attached hydrogens (tertiary/aromatic N) is 1. The number of aromatic nitrogens is 1. The Morgan fingerprint density at radius 3 is 2.72 bits per heavy atom. The van der Waals surface area contributed by atoms with E-state index in [-0.39, 0.29) is 18.4 Å². The summed E-state index contributed by atoms with van der Waals surface area (Å²) >= 11 is 1.46. The molecule has 0 saturated carbocycles. The minimum absolute atomic E-state index is 0.00637. The number of thiazole rings is 1. The molecule has 0 unspecified atom stereocenters. The van der Waals surface area contributed by atoms with Crippen LogP contribution in [0.4, 0.5) is 5.69 Å². The molecule has 150 valence electrons. The third-order valence-electron chi connectivity index (χ3n) is 4.29. The summed E-state index contributed by atoms with van der Waals surface area (Å²) in [7, 11) is 1.47. The first-order valence-corrected chi connectivity index (χ1v) is 10.0. The fraction of sp³-hybridized carbons (Fsp3) is 0.227. The molecular formula is C22H23N3O3S. The van der Waals surface area contributed by atoms with Gasteiger partial charge in [-0.1, -0.05) is 35.9 Å². The van der Waals surface area contributed by atoms with E-state index in [2.05, 4.69) is 28.6 Å². The highest BCUT2D eigenvalue weighted by atomic mass is 32.1. The number of carbonyl (C=O) groups is 2. The Kier molecular flexibility index (Phi) is 6.74. The van der Waals surface area contributed by atoms with Gasteiger partial charge >= 0.3 is 0 Å². The quantitative estimate of drug-likeness (QED) is 0.619. The fourth-order valence-corrected chi connectivity index (χ4v) is 3.81. The first-order valence-electron chi connectivity index (χ1n) is 9.15. The van der Waals surface area contributed by atoms with Crippen molar-refractivity contribution in [1.29, 1.82) is 0 Å². The predicted octanol–water partition coefficient (Wildman–Crippen LogP) is 3.94. The first kappa shape index (κ1) is 20.7. The summed E-state index contributed by atoms with van der Waals surface area (Å²) in [4.78, 5) is 28.6. The van der Waals surface area contributed by atoms with Crippen LogP contribution in [0.2, 0.25) is 0 Å². The van der Waals surface area contributed by atoms with Crippen molar-refractivity contribution in [3.05, 3.63) is 70.2 Å². The van der Waals surface area contributed by atoms with E-state index in [4.69, 9.17) is 4.74 Å². The molecule has 0 bridgehead atoms. The SMILES string of the molecule is COCC(=O)Nc1cccc(CNC(=O)c2csc(-c3ccc(C)cc3C)n2)c1. The number of hydrogen-bond donors (Lipinski definition) is 2. The standard InChI is InChI=1S/C22H23N3O3S/c1-14-7-8-18(15(2)9-14)22-25-19(13-29-22)21(27)23-11-16-5-4-6-17(10-16)24-20(26)12-28-3/h4-10,13H,11-12H2,1-3H3,(H,23,27)(H,24,26). The number of hydrogen-bond acceptors (Lipinski definition) is 5. The van der Waals surface area contributed by atoms with Gasteiger partial charge in [0, 0.05) is 30.3 Å². The lowest BCUT2D eigenvalue weighted by atomic mass is 10.1. The van der Waals surface area contributed by atoms with Gasteiger partial charge in [-0.2, -0.15) is 0 Å². The highest BCUT2D eigenvalue weighted by Gasteiger charge is 2.13. The largest absolute Gasteiger partial charge is 0.375 e. The van der Waals surface area contributed by atoms with Crippen LogP contribution in [-0.4, -0.2) is 30.5 Å². The molecule has 29 heavy (non-hydrogen) atoms. The number of benzene rings is 2. The van der Waals surface area contributed by atoms with Gasteiger partial charge in [-0.3, -0.25) is 9.59 Å². The van der Waals surface area contributed by atoms with Crippen LogP contribution in [0.3, 0.4) is 0 Å². The number of methoxy groups -OCH3 is 1. The number of anilines is 1. The van der Waals surface area contributed by atoms with Crippen LogP contribution in [0.1, 0.15) is 27.2 Å². The number of nitrogens with one attached hydrogen (secondary N) is 2. The second-order valence-electron chi connectivity index (χ2n) is 6.72. The zero-order valence-electron chi connectivity index (χ0n) is 16.6. The summed E-state index contributed by atoms with van der Waals surface area (Å²) in [5.74, 6) is -0.457. The molecule has 0 aliphatic heterocycles. The molecule has 2 aromatic carbocycles. The maximum absolute atomic E-state index is 12.5. The van der Waals surface area contributed by atoms with Crippen molar-refractivity contribution in [3.8, 4) is 10.6 Å². The highest BCUT2D eigenvalue weighted by Crippen LogP contribution is 2.27. The maximum atomic E-state index is 12.5. The topological polar surface area (TPSA) is 80.3 Å².